The first kappa shape index (κ1) is 18.1. The first-order valence-electron chi connectivity index (χ1n) is 6.53. The van der Waals surface area contributed by atoms with Gasteiger partial charge in [0.15, 0.2) is 0 Å². The number of hydrogen-bond donors (Lipinski definition) is 5. The first-order valence-corrected chi connectivity index (χ1v) is 6.53. The second-order valence-electron chi connectivity index (χ2n) is 4.65. The van der Waals surface area contributed by atoms with Gasteiger partial charge >= 0.3 is 0 Å². The van der Waals surface area contributed by atoms with Crippen LogP contribution >= 0.6 is 0 Å². The summed E-state index contributed by atoms with van der Waals surface area (Å²) in [6, 6.07) is 8.63. The summed E-state index contributed by atoms with van der Waals surface area (Å²) in [6.07, 6.45) is -5.71. The van der Waals surface area contributed by atoms with Crippen LogP contribution < -0.4 is 0 Å². The van der Waals surface area contributed by atoms with Gasteiger partial charge in [-0.05, 0) is 11.6 Å². The van der Waals surface area contributed by atoms with Gasteiger partial charge in [0.2, 0.25) is 11.6 Å². The third kappa shape index (κ3) is 4.83. The van der Waals surface area contributed by atoms with E-state index in [0.717, 1.165) is 6.08 Å². The summed E-state index contributed by atoms with van der Waals surface area (Å²) in [5.74, 6) is -2.40. The Labute approximate surface area is 126 Å². The predicted octanol–water partition coefficient (Wildman–Crippen LogP) is -1.73. The molecule has 0 radical (unpaired) electrons. The minimum Gasteiger partial charge on any atom is -0.394 e. The van der Waals surface area contributed by atoms with Crippen molar-refractivity contribution >= 4 is 17.6 Å². The van der Waals surface area contributed by atoms with Crippen molar-refractivity contribution in [1.82, 2.24) is 0 Å². The lowest BCUT2D eigenvalue weighted by Crippen LogP contribution is -2.49. The molecule has 22 heavy (non-hydrogen) atoms. The first-order chi connectivity index (χ1) is 10.4. The molecule has 5 N–H and O–H groups in total. The van der Waals surface area contributed by atoms with Crippen LogP contribution in [0.3, 0.4) is 0 Å². The molecular weight excluding hydrogens is 292 g/mol. The van der Waals surface area contributed by atoms with E-state index in [1.165, 1.54) is 6.08 Å². The van der Waals surface area contributed by atoms with E-state index in [0.29, 0.717) is 5.56 Å². The van der Waals surface area contributed by atoms with Gasteiger partial charge in [-0.15, -0.1) is 0 Å². The lowest BCUT2D eigenvalue weighted by atomic mass is 9.98. The molecule has 1 aromatic rings. The van der Waals surface area contributed by atoms with Crippen LogP contribution in [0.5, 0.6) is 0 Å². The molecule has 0 amide bonds. The number of rotatable bonds is 8. The molecule has 0 unspecified atom stereocenters. The fraction of sp³-hybridized carbons (Fsp3) is 0.333. The largest absolute Gasteiger partial charge is 0.394 e. The Morgan fingerprint density at radius 3 is 2.14 bits per heavy atom. The van der Waals surface area contributed by atoms with Crippen LogP contribution in [0.4, 0.5) is 0 Å². The van der Waals surface area contributed by atoms with Crippen LogP contribution in [0.15, 0.2) is 36.4 Å². The summed E-state index contributed by atoms with van der Waals surface area (Å²) < 4.78 is 0. The smallest absolute Gasteiger partial charge is 0.233 e. The predicted molar refractivity (Wildman–Crippen MR) is 76.6 cm³/mol. The molecule has 0 heterocycles. The van der Waals surface area contributed by atoms with E-state index in [-0.39, 0.29) is 0 Å². The number of hydrogen-bond acceptors (Lipinski definition) is 7. The zero-order valence-electron chi connectivity index (χ0n) is 11.6. The molecule has 0 aliphatic heterocycles. The highest BCUT2D eigenvalue weighted by Gasteiger charge is 2.35. The molecule has 0 saturated heterocycles. The SMILES string of the molecule is O=C(C=Cc1ccccc1)C(=O)[C@H](O)[C@@H](O)[C@H](O)[C@H](O)CO. The Morgan fingerprint density at radius 2 is 1.59 bits per heavy atom. The molecule has 0 aliphatic rings. The maximum absolute atomic E-state index is 11.7. The number of ketones is 2. The molecule has 1 aromatic carbocycles. The standard InChI is InChI=1S/C15H18O7/c16-8-11(18)13(20)15(22)14(21)12(19)10(17)7-6-9-4-2-1-3-5-9/h1-7,11,13-16,18,20-22H,8H2/t11-,13-,14+,15+/m1/s1. The molecule has 120 valence electrons. The number of carbonyl (C=O) groups is 2. The third-order valence-corrected chi connectivity index (χ3v) is 2.99. The minimum atomic E-state index is -2.20. The van der Waals surface area contributed by atoms with Crippen LogP contribution in [-0.4, -0.2) is 68.1 Å². The molecule has 0 saturated carbocycles. The number of carbonyl (C=O) groups excluding carboxylic acids is 2. The zero-order chi connectivity index (χ0) is 16.7. The molecule has 0 spiro atoms. The maximum Gasteiger partial charge on any atom is 0.233 e. The molecule has 7 nitrogen and oxygen atoms in total. The summed E-state index contributed by atoms with van der Waals surface area (Å²) in [5.41, 5.74) is 0.662. The van der Waals surface area contributed by atoms with Gasteiger partial charge in [-0.3, -0.25) is 9.59 Å². The van der Waals surface area contributed by atoms with E-state index < -0.39 is 42.6 Å². The summed E-state index contributed by atoms with van der Waals surface area (Å²) >= 11 is 0. The van der Waals surface area contributed by atoms with Crippen molar-refractivity contribution in [2.75, 3.05) is 6.61 Å². The van der Waals surface area contributed by atoms with Gasteiger partial charge in [-0.2, -0.15) is 0 Å². The van der Waals surface area contributed by atoms with Gasteiger partial charge in [-0.25, -0.2) is 0 Å². The summed E-state index contributed by atoms with van der Waals surface area (Å²) in [7, 11) is 0. The zero-order valence-corrected chi connectivity index (χ0v) is 11.6. The van der Waals surface area contributed by atoms with Gasteiger partial charge in [0.25, 0.3) is 0 Å². The highest BCUT2D eigenvalue weighted by Crippen LogP contribution is 2.08. The Kier molecular flexibility index (Phi) is 7.03. The normalized spacial score (nSPS) is 17.0. The number of Topliss-reactive ketones (excluding diaryl/α,β-unsaturated/α-hetero) is 1. The van der Waals surface area contributed by atoms with E-state index in [1.807, 2.05) is 0 Å². The second kappa shape index (κ2) is 8.52. The molecular formula is C15H18O7. The molecule has 1 rings (SSSR count). The maximum atomic E-state index is 11.7. The van der Waals surface area contributed by atoms with Crippen LogP contribution in [0, 0.1) is 0 Å². The number of benzene rings is 1. The van der Waals surface area contributed by atoms with Gasteiger partial charge in [0.05, 0.1) is 6.61 Å². The van der Waals surface area contributed by atoms with Crippen LogP contribution in [0.25, 0.3) is 6.08 Å². The van der Waals surface area contributed by atoms with Gasteiger partial charge in [0.1, 0.15) is 24.4 Å². The fourth-order valence-corrected chi connectivity index (χ4v) is 1.64. The Hall–Kier alpha value is -1.90. The highest BCUT2D eigenvalue weighted by molar-refractivity contribution is 6.43. The molecule has 0 aliphatic carbocycles. The molecule has 0 aromatic heterocycles. The lowest BCUT2D eigenvalue weighted by Gasteiger charge is -2.24. The highest BCUT2D eigenvalue weighted by atomic mass is 16.4. The van der Waals surface area contributed by atoms with E-state index >= 15 is 0 Å². The molecule has 0 fully saturated rings. The lowest BCUT2D eigenvalue weighted by molar-refractivity contribution is -0.152. The van der Waals surface area contributed by atoms with Crippen LogP contribution in [-0.2, 0) is 9.59 Å². The summed E-state index contributed by atoms with van der Waals surface area (Å²) in [6.45, 7) is -0.874. The van der Waals surface area contributed by atoms with Gasteiger partial charge < -0.3 is 25.5 Å². The quantitative estimate of drug-likeness (QED) is 0.284. The molecule has 0 bridgehead atoms. The Morgan fingerprint density at radius 1 is 1.00 bits per heavy atom. The van der Waals surface area contributed by atoms with E-state index in [9.17, 15) is 24.9 Å². The van der Waals surface area contributed by atoms with Crippen molar-refractivity contribution in [2.24, 2.45) is 0 Å². The van der Waals surface area contributed by atoms with E-state index in [2.05, 4.69) is 0 Å². The summed E-state index contributed by atoms with van der Waals surface area (Å²) in [4.78, 5) is 23.3. The third-order valence-electron chi connectivity index (χ3n) is 2.99. The number of aliphatic hydroxyl groups excluding tert-OH is 5. The van der Waals surface area contributed by atoms with Gasteiger partial charge in [-0.1, -0.05) is 36.4 Å². The van der Waals surface area contributed by atoms with Crippen molar-refractivity contribution in [3.8, 4) is 0 Å². The average Bonchev–Trinajstić information content (AvgIpc) is 2.56. The van der Waals surface area contributed by atoms with Crippen molar-refractivity contribution in [3.63, 3.8) is 0 Å². The monoisotopic (exact) mass is 310 g/mol. The van der Waals surface area contributed by atoms with Crippen LogP contribution in [0.2, 0.25) is 0 Å². The minimum absolute atomic E-state index is 0.662. The molecule has 7 heteroatoms. The topological polar surface area (TPSA) is 135 Å². The van der Waals surface area contributed by atoms with Gasteiger partial charge in [0, 0.05) is 0 Å². The average molecular weight is 310 g/mol. The summed E-state index contributed by atoms with van der Waals surface area (Å²) in [5, 5.41) is 46.2. The van der Waals surface area contributed by atoms with E-state index in [1.54, 1.807) is 30.3 Å². The second-order valence-corrected chi connectivity index (χ2v) is 4.65. The van der Waals surface area contributed by atoms with E-state index in [4.69, 9.17) is 10.2 Å². The molecule has 4 atom stereocenters. The Balaban J connectivity index is 2.69. The number of aliphatic hydroxyl groups is 5. The fourth-order valence-electron chi connectivity index (χ4n) is 1.64. The van der Waals surface area contributed by atoms with Crippen molar-refractivity contribution < 1.29 is 35.1 Å². The van der Waals surface area contributed by atoms with Crippen molar-refractivity contribution in [1.29, 1.82) is 0 Å². The van der Waals surface area contributed by atoms with Crippen LogP contribution in [0.1, 0.15) is 5.56 Å². The van der Waals surface area contributed by atoms with Crippen molar-refractivity contribution in [2.45, 2.75) is 24.4 Å². The van der Waals surface area contributed by atoms with Crippen molar-refractivity contribution in [3.05, 3.63) is 42.0 Å². The number of allylic oxidation sites excluding steroid dienone is 1. The Bertz CT molecular complexity index is 526.